The molecule has 0 spiro atoms. The van der Waals surface area contributed by atoms with Gasteiger partial charge in [-0.15, -0.1) is 0 Å². The van der Waals surface area contributed by atoms with Gasteiger partial charge < -0.3 is 15.1 Å². The molecule has 118 valence electrons. The van der Waals surface area contributed by atoms with E-state index in [1.54, 1.807) is 30.7 Å². The summed E-state index contributed by atoms with van der Waals surface area (Å²) in [6.07, 6.45) is 3.20. The van der Waals surface area contributed by atoms with Gasteiger partial charge in [-0.2, -0.15) is 0 Å². The summed E-state index contributed by atoms with van der Waals surface area (Å²) < 4.78 is 16.4. The molecule has 0 fully saturated rings. The number of furan rings is 1. The van der Waals surface area contributed by atoms with Crippen molar-refractivity contribution in [3.05, 3.63) is 52.9 Å². The average molecular weight is 341 g/mol. The Hall–Kier alpha value is -1.79. The molecule has 1 aromatic heterocycles. The highest BCUT2D eigenvalue weighted by Gasteiger charge is 2.06. The fourth-order valence-electron chi connectivity index (χ4n) is 1.87. The lowest BCUT2D eigenvalue weighted by Gasteiger charge is -2.10. The van der Waals surface area contributed by atoms with Crippen LogP contribution in [-0.4, -0.2) is 22.9 Å². The molecule has 1 aromatic carbocycles. The van der Waals surface area contributed by atoms with E-state index in [4.69, 9.17) is 16.0 Å². The van der Waals surface area contributed by atoms with Gasteiger partial charge in [0, 0.05) is 22.8 Å². The van der Waals surface area contributed by atoms with E-state index in [-0.39, 0.29) is 12.5 Å². The Morgan fingerprint density at radius 2 is 2.18 bits per heavy atom. The maximum Gasteiger partial charge on any atom is 0.239 e. The molecule has 0 aliphatic carbocycles. The number of carbonyl (C=O) groups excluding carboxylic acids is 1. The van der Waals surface area contributed by atoms with Crippen molar-refractivity contribution in [2.24, 2.45) is 0 Å². The zero-order valence-corrected chi connectivity index (χ0v) is 13.7. The molecule has 7 heteroatoms. The molecule has 1 heterocycles. The van der Waals surface area contributed by atoms with Gasteiger partial charge in [0.2, 0.25) is 5.91 Å². The van der Waals surface area contributed by atoms with Gasteiger partial charge >= 0.3 is 0 Å². The van der Waals surface area contributed by atoms with Crippen molar-refractivity contribution in [1.29, 1.82) is 0 Å². The maximum absolute atomic E-state index is 11.8. The van der Waals surface area contributed by atoms with Crippen LogP contribution in [0.5, 0.6) is 0 Å². The largest absolute Gasteiger partial charge is 0.467 e. The highest BCUT2D eigenvalue weighted by molar-refractivity contribution is 7.83. The summed E-state index contributed by atoms with van der Waals surface area (Å²) in [5.41, 5.74) is 1.56. The van der Waals surface area contributed by atoms with Crippen LogP contribution in [0.1, 0.15) is 11.3 Å². The molecule has 1 amide bonds. The molecule has 22 heavy (non-hydrogen) atoms. The minimum atomic E-state index is -0.925. The average Bonchev–Trinajstić information content (AvgIpc) is 2.98. The van der Waals surface area contributed by atoms with Gasteiger partial charge in [-0.25, -0.2) is 0 Å². The van der Waals surface area contributed by atoms with Crippen LogP contribution >= 0.6 is 11.6 Å². The lowest BCUT2D eigenvalue weighted by molar-refractivity contribution is -0.119. The number of benzene rings is 1. The monoisotopic (exact) mass is 340 g/mol. The predicted molar refractivity (Wildman–Crippen MR) is 88.3 cm³/mol. The second-order valence-electron chi connectivity index (χ2n) is 4.74. The van der Waals surface area contributed by atoms with Crippen LogP contribution in [0, 0.1) is 0 Å². The summed E-state index contributed by atoms with van der Waals surface area (Å²) in [5.74, 6) is 0.979. The third-order valence-electron chi connectivity index (χ3n) is 2.88. The van der Waals surface area contributed by atoms with Crippen LogP contribution in [0.25, 0.3) is 0 Å². The van der Waals surface area contributed by atoms with Gasteiger partial charge in [-0.05, 0) is 29.8 Å². The third-order valence-corrected chi connectivity index (χ3v) is 3.95. The first kappa shape index (κ1) is 16.6. The van der Waals surface area contributed by atoms with E-state index in [9.17, 15) is 9.00 Å². The minimum Gasteiger partial charge on any atom is -0.467 e. The summed E-state index contributed by atoms with van der Waals surface area (Å²) in [5, 5.41) is 6.24. The number of amides is 1. The molecule has 0 saturated carbocycles. The number of carbonyl (C=O) groups is 1. The number of halogens is 1. The molecule has 0 saturated heterocycles. The van der Waals surface area contributed by atoms with Gasteiger partial charge in [0.25, 0.3) is 0 Å². The molecular formula is C15H17ClN2O3S. The summed E-state index contributed by atoms with van der Waals surface area (Å²) in [6, 6.07) is 8.92. The van der Waals surface area contributed by atoms with Gasteiger partial charge in [0.1, 0.15) is 5.76 Å². The third kappa shape index (κ3) is 5.20. The lowest BCUT2D eigenvalue weighted by Crippen LogP contribution is -2.29. The Balaban J connectivity index is 1.87. The molecule has 2 N–H and O–H groups in total. The van der Waals surface area contributed by atoms with Gasteiger partial charge in [0.05, 0.1) is 30.1 Å². The molecular weight excluding hydrogens is 324 g/mol. The van der Waals surface area contributed by atoms with Crippen LogP contribution < -0.4 is 10.6 Å². The predicted octanol–water partition coefficient (Wildman–Crippen LogP) is 2.54. The first-order valence-corrected chi connectivity index (χ1v) is 8.76. The van der Waals surface area contributed by atoms with Crippen molar-refractivity contribution in [1.82, 2.24) is 5.32 Å². The fourth-order valence-corrected chi connectivity index (χ4v) is 2.70. The van der Waals surface area contributed by atoms with Crippen molar-refractivity contribution < 1.29 is 13.4 Å². The topological polar surface area (TPSA) is 71.3 Å². The van der Waals surface area contributed by atoms with Crippen molar-refractivity contribution in [2.75, 3.05) is 18.1 Å². The van der Waals surface area contributed by atoms with E-state index in [0.29, 0.717) is 28.8 Å². The number of rotatable bonds is 7. The highest BCUT2D eigenvalue weighted by atomic mass is 35.5. The zero-order valence-electron chi connectivity index (χ0n) is 12.1. The fraction of sp³-hybridized carbons (Fsp3) is 0.267. The molecule has 0 bridgehead atoms. The van der Waals surface area contributed by atoms with E-state index < -0.39 is 10.8 Å². The van der Waals surface area contributed by atoms with E-state index >= 15 is 0 Å². The highest BCUT2D eigenvalue weighted by Crippen LogP contribution is 2.23. The summed E-state index contributed by atoms with van der Waals surface area (Å²) >= 11 is 6.09. The van der Waals surface area contributed by atoms with E-state index in [1.165, 1.54) is 0 Å². The second-order valence-corrected chi connectivity index (χ2v) is 6.58. The van der Waals surface area contributed by atoms with E-state index in [0.717, 1.165) is 5.56 Å². The Labute approximate surface area is 136 Å². The molecule has 1 atom stereocenters. The Morgan fingerprint density at radius 1 is 1.36 bits per heavy atom. The van der Waals surface area contributed by atoms with E-state index in [2.05, 4.69) is 10.6 Å². The summed E-state index contributed by atoms with van der Waals surface area (Å²) in [6.45, 7) is 0.440. The van der Waals surface area contributed by atoms with Crippen LogP contribution in [0.3, 0.4) is 0 Å². The molecule has 0 radical (unpaired) electrons. The van der Waals surface area contributed by atoms with Gasteiger partial charge in [0.15, 0.2) is 0 Å². The number of nitrogens with one attached hydrogen (secondary N) is 2. The molecule has 0 aliphatic rings. The smallest absolute Gasteiger partial charge is 0.239 e. The molecule has 2 rings (SSSR count). The molecule has 2 aromatic rings. The van der Waals surface area contributed by atoms with E-state index in [1.807, 2.05) is 12.1 Å². The first-order chi connectivity index (χ1) is 10.5. The minimum absolute atomic E-state index is 0.0963. The van der Waals surface area contributed by atoms with Crippen LogP contribution in [0.2, 0.25) is 5.02 Å². The second kappa shape index (κ2) is 8.00. The van der Waals surface area contributed by atoms with Gasteiger partial charge in [-0.3, -0.25) is 9.00 Å². The Bertz CT molecular complexity index is 659. The molecule has 0 aliphatic heterocycles. The quantitative estimate of drug-likeness (QED) is 0.812. The lowest BCUT2D eigenvalue weighted by atomic mass is 10.2. The van der Waals surface area contributed by atoms with Crippen molar-refractivity contribution in [3.63, 3.8) is 0 Å². The van der Waals surface area contributed by atoms with Crippen LogP contribution in [-0.2, 0) is 27.9 Å². The Kier molecular flexibility index (Phi) is 6.03. The number of anilines is 1. The molecule has 0 unspecified atom stereocenters. The normalized spacial score (nSPS) is 11.9. The zero-order chi connectivity index (χ0) is 15.9. The SMILES string of the molecule is C[S@@](=O)Cc1ccc(Cl)c(NCC(=O)NCc2ccco2)c1. The number of hydrogen-bond acceptors (Lipinski definition) is 4. The van der Waals surface area contributed by atoms with Crippen LogP contribution in [0.15, 0.2) is 41.0 Å². The standard InChI is InChI=1S/C15H17ClN2O3S/c1-22(20)10-11-4-5-13(16)14(7-11)17-9-15(19)18-8-12-3-2-6-21-12/h2-7,17H,8-10H2,1H3,(H,18,19)/t22-/m1/s1. The van der Waals surface area contributed by atoms with Gasteiger partial charge in [-0.1, -0.05) is 17.7 Å². The van der Waals surface area contributed by atoms with Crippen molar-refractivity contribution in [2.45, 2.75) is 12.3 Å². The molecule has 5 nitrogen and oxygen atoms in total. The van der Waals surface area contributed by atoms with Crippen LogP contribution in [0.4, 0.5) is 5.69 Å². The van der Waals surface area contributed by atoms with Crippen molar-refractivity contribution in [3.8, 4) is 0 Å². The first-order valence-electron chi connectivity index (χ1n) is 6.66. The number of hydrogen-bond donors (Lipinski definition) is 2. The van der Waals surface area contributed by atoms with Crippen molar-refractivity contribution >= 4 is 34.0 Å². The maximum atomic E-state index is 11.8. The summed E-state index contributed by atoms with van der Waals surface area (Å²) in [7, 11) is -0.925. The Morgan fingerprint density at radius 3 is 2.86 bits per heavy atom. The summed E-state index contributed by atoms with van der Waals surface area (Å²) in [4.78, 5) is 11.8.